The molecule has 4 nitrogen and oxygen atoms in total. The van der Waals surface area contributed by atoms with Gasteiger partial charge >= 0.3 is 0 Å². The number of nitrogens with zero attached hydrogens (tertiary/aromatic N) is 2. The Morgan fingerprint density at radius 3 is 2.65 bits per heavy atom. The summed E-state index contributed by atoms with van der Waals surface area (Å²) in [4.78, 5) is 12.9. The molecular weight excluding hydrogens is 223 g/mol. The van der Waals surface area contributed by atoms with Crippen molar-refractivity contribution in [2.75, 3.05) is 14.1 Å². The van der Waals surface area contributed by atoms with Crippen LogP contribution in [0.4, 0.5) is 4.39 Å². The molecule has 1 atom stereocenters. The number of amides is 1. The Balaban J connectivity index is 2.80. The van der Waals surface area contributed by atoms with Crippen LogP contribution in [0.5, 0.6) is 5.75 Å². The van der Waals surface area contributed by atoms with Crippen LogP contribution in [-0.4, -0.2) is 31.0 Å². The molecule has 1 rings (SSSR count). The standard InChI is InChI=1S/C12H13FN2O2/c1-8(12(16)15(2)3)17-10-5-4-9(7-14)11(13)6-10/h4-6,8H,1-3H3. The molecule has 0 aromatic heterocycles. The van der Waals surface area contributed by atoms with Crippen LogP contribution in [0.25, 0.3) is 0 Å². The van der Waals surface area contributed by atoms with E-state index in [4.69, 9.17) is 10.00 Å². The monoisotopic (exact) mass is 236 g/mol. The number of benzene rings is 1. The lowest BCUT2D eigenvalue weighted by atomic mass is 10.2. The van der Waals surface area contributed by atoms with Gasteiger partial charge in [0, 0.05) is 20.2 Å². The first-order chi connectivity index (χ1) is 7.95. The van der Waals surface area contributed by atoms with E-state index in [0.29, 0.717) is 0 Å². The summed E-state index contributed by atoms with van der Waals surface area (Å²) in [7, 11) is 3.23. The lowest BCUT2D eigenvalue weighted by Crippen LogP contribution is -2.35. The van der Waals surface area contributed by atoms with Gasteiger partial charge in [0.2, 0.25) is 0 Å². The molecule has 0 aliphatic heterocycles. The van der Waals surface area contributed by atoms with Crippen LogP contribution in [0.1, 0.15) is 12.5 Å². The van der Waals surface area contributed by atoms with Gasteiger partial charge in [0.05, 0.1) is 5.56 Å². The Kier molecular flexibility index (Phi) is 4.05. The van der Waals surface area contributed by atoms with Crippen molar-refractivity contribution in [3.63, 3.8) is 0 Å². The number of carbonyl (C=O) groups is 1. The molecule has 5 heteroatoms. The maximum atomic E-state index is 13.3. The van der Waals surface area contributed by atoms with Crippen LogP contribution in [-0.2, 0) is 4.79 Å². The number of rotatable bonds is 3. The molecule has 0 aliphatic carbocycles. The Labute approximate surface area is 99.2 Å². The Bertz CT molecular complexity index is 466. The average molecular weight is 236 g/mol. The SMILES string of the molecule is CC(Oc1ccc(C#N)c(F)c1)C(=O)N(C)C. The van der Waals surface area contributed by atoms with E-state index in [9.17, 15) is 9.18 Å². The molecule has 17 heavy (non-hydrogen) atoms. The summed E-state index contributed by atoms with van der Waals surface area (Å²) in [5.41, 5.74) is -0.0519. The van der Waals surface area contributed by atoms with Crippen molar-refractivity contribution in [1.29, 1.82) is 5.26 Å². The number of likely N-dealkylation sites (N-methyl/N-ethyl adjacent to an activating group) is 1. The predicted molar refractivity (Wildman–Crippen MR) is 59.9 cm³/mol. The molecule has 90 valence electrons. The van der Waals surface area contributed by atoms with Crippen LogP contribution in [0.3, 0.4) is 0 Å². The number of hydrogen-bond donors (Lipinski definition) is 0. The third kappa shape index (κ3) is 3.18. The lowest BCUT2D eigenvalue weighted by molar-refractivity contribution is -0.135. The minimum Gasteiger partial charge on any atom is -0.481 e. The Morgan fingerprint density at radius 1 is 1.53 bits per heavy atom. The zero-order valence-corrected chi connectivity index (χ0v) is 9.90. The van der Waals surface area contributed by atoms with Gasteiger partial charge in [-0.2, -0.15) is 5.26 Å². The van der Waals surface area contributed by atoms with Crippen molar-refractivity contribution >= 4 is 5.91 Å². The van der Waals surface area contributed by atoms with Gasteiger partial charge < -0.3 is 9.64 Å². The van der Waals surface area contributed by atoms with E-state index in [2.05, 4.69) is 0 Å². The second-order valence-corrected chi connectivity index (χ2v) is 3.75. The number of nitriles is 1. The van der Waals surface area contributed by atoms with Gasteiger partial charge in [0.15, 0.2) is 6.10 Å². The van der Waals surface area contributed by atoms with E-state index < -0.39 is 11.9 Å². The molecule has 0 saturated heterocycles. The van der Waals surface area contributed by atoms with E-state index in [1.807, 2.05) is 0 Å². The summed E-state index contributed by atoms with van der Waals surface area (Å²) in [6.45, 7) is 1.58. The van der Waals surface area contributed by atoms with Gasteiger partial charge in [-0.3, -0.25) is 4.79 Å². The van der Waals surface area contributed by atoms with Gasteiger partial charge in [-0.15, -0.1) is 0 Å². The minimum atomic E-state index is -0.697. The van der Waals surface area contributed by atoms with Crippen molar-refractivity contribution < 1.29 is 13.9 Å². The van der Waals surface area contributed by atoms with E-state index in [1.165, 1.54) is 17.0 Å². The van der Waals surface area contributed by atoms with Crippen LogP contribution in [0.2, 0.25) is 0 Å². The number of ether oxygens (including phenoxy) is 1. The maximum absolute atomic E-state index is 13.3. The highest BCUT2D eigenvalue weighted by Gasteiger charge is 2.17. The van der Waals surface area contributed by atoms with Gasteiger partial charge in [-0.05, 0) is 19.1 Å². The van der Waals surface area contributed by atoms with Gasteiger partial charge in [0.1, 0.15) is 17.6 Å². The molecule has 0 fully saturated rings. The third-order valence-electron chi connectivity index (χ3n) is 2.16. The zero-order chi connectivity index (χ0) is 13.0. The number of hydrogen-bond acceptors (Lipinski definition) is 3. The molecular formula is C12H13FN2O2. The number of halogens is 1. The average Bonchev–Trinajstić information content (AvgIpc) is 2.28. The molecule has 0 aliphatic rings. The van der Waals surface area contributed by atoms with Crippen molar-refractivity contribution in [1.82, 2.24) is 4.90 Å². The smallest absolute Gasteiger partial charge is 0.262 e. The van der Waals surface area contributed by atoms with Gasteiger partial charge in [0.25, 0.3) is 5.91 Å². The van der Waals surface area contributed by atoms with E-state index in [1.54, 1.807) is 27.1 Å². The number of carbonyl (C=O) groups excluding carboxylic acids is 1. The molecule has 0 radical (unpaired) electrons. The summed E-state index contributed by atoms with van der Waals surface area (Å²) < 4.78 is 18.5. The topological polar surface area (TPSA) is 53.3 Å². The maximum Gasteiger partial charge on any atom is 0.262 e. The van der Waals surface area contributed by atoms with Crippen LogP contribution in [0.15, 0.2) is 18.2 Å². The fourth-order valence-electron chi connectivity index (χ4n) is 1.28. The summed E-state index contributed by atoms with van der Waals surface area (Å²) in [5.74, 6) is -0.645. The molecule has 0 bridgehead atoms. The first-order valence-electron chi connectivity index (χ1n) is 5.03. The minimum absolute atomic E-state index is 0.0519. The first kappa shape index (κ1) is 13.0. The van der Waals surface area contributed by atoms with Crippen molar-refractivity contribution in [3.8, 4) is 11.8 Å². The van der Waals surface area contributed by atoms with E-state index >= 15 is 0 Å². The molecule has 1 aromatic carbocycles. The second-order valence-electron chi connectivity index (χ2n) is 3.75. The largest absolute Gasteiger partial charge is 0.481 e. The van der Waals surface area contributed by atoms with Crippen molar-refractivity contribution in [3.05, 3.63) is 29.6 Å². The van der Waals surface area contributed by atoms with Gasteiger partial charge in [-0.1, -0.05) is 0 Å². The Morgan fingerprint density at radius 2 is 2.18 bits per heavy atom. The summed E-state index contributed by atoms with van der Waals surface area (Å²) in [5, 5.41) is 8.56. The van der Waals surface area contributed by atoms with E-state index in [-0.39, 0.29) is 17.2 Å². The van der Waals surface area contributed by atoms with Crippen LogP contribution < -0.4 is 4.74 Å². The van der Waals surface area contributed by atoms with Crippen molar-refractivity contribution in [2.45, 2.75) is 13.0 Å². The fourth-order valence-corrected chi connectivity index (χ4v) is 1.28. The zero-order valence-electron chi connectivity index (χ0n) is 9.90. The molecule has 0 N–H and O–H groups in total. The molecule has 0 saturated carbocycles. The molecule has 1 unspecified atom stereocenters. The van der Waals surface area contributed by atoms with Gasteiger partial charge in [-0.25, -0.2) is 4.39 Å². The third-order valence-corrected chi connectivity index (χ3v) is 2.16. The van der Waals surface area contributed by atoms with E-state index in [0.717, 1.165) is 6.07 Å². The normalized spacial score (nSPS) is 11.5. The van der Waals surface area contributed by atoms with Crippen LogP contribution >= 0.6 is 0 Å². The summed E-state index contributed by atoms with van der Waals surface area (Å²) in [6, 6.07) is 5.58. The Hall–Kier alpha value is -2.09. The highest BCUT2D eigenvalue weighted by Crippen LogP contribution is 2.17. The molecule has 0 spiro atoms. The fraction of sp³-hybridized carbons (Fsp3) is 0.333. The van der Waals surface area contributed by atoms with Crippen molar-refractivity contribution in [2.24, 2.45) is 0 Å². The summed E-state index contributed by atoms with van der Waals surface area (Å²) in [6.07, 6.45) is -0.697. The second kappa shape index (κ2) is 5.30. The molecule has 1 amide bonds. The lowest BCUT2D eigenvalue weighted by Gasteiger charge is -2.18. The summed E-state index contributed by atoms with van der Waals surface area (Å²) >= 11 is 0. The van der Waals surface area contributed by atoms with Crippen LogP contribution in [0, 0.1) is 17.1 Å². The predicted octanol–water partition coefficient (Wildman–Crippen LogP) is 1.55. The highest BCUT2D eigenvalue weighted by atomic mass is 19.1. The molecule has 0 heterocycles. The highest BCUT2D eigenvalue weighted by molar-refractivity contribution is 5.80. The molecule has 1 aromatic rings. The quantitative estimate of drug-likeness (QED) is 0.800. The first-order valence-corrected chi connectivity index (χ1v) is 5.03.